The summed E-state index contributed by atoms with van der Waals surface area (Å²) < 4.78 is 0. The predicted octanol–water partition coefficient (Wildman–Crippen LogP) is 2.67. The monoisotopic (exact) mass is 313 g/mol. The fourth-order valence-electron chi connectivity index (χ4n) is 2.29. The molecule has 0 fully saturated rings. The molecule has 0 aromatic heterocycles. The van der Waals surface area contributed by atoms with Gasteiger partial charge in [0.25, 0.3) is 5.69 Å². The van der Waals surface area contributed by atoms with Gasteiger partial charge in [0.05, 0.1) is 4.92 Å². The number of nitro benzene ring substituents is 1. The molecule has 0 radical (unpaired) electrons. The molecule has 0 saturated carbocycles. The molecule has 1 atom stereocenters. The molecule has 0 unspecified atom stereocenters. The zero-order valence-corrected chi connectivity index (χ0v) is 13.1. The van der Waals surface area contributed by atoms with E-state index in [4.69, 9.17) is 0 Å². The topological polar surface area (TPSA) is 84.3 Å². The molecule has 6 nitrogen and oxygen atoms in total. The molecule has 2 N–H and O–H groups in total. The van der Waals surface area contributed by atoms with Gasteiger partial charge in [0.1, 0.15) is 11.7 Å². The van der Waals surface area contributed by atoms with Crippen molar-refractivity contribution >= 4 is 17.3 Å². The highest BCUT2D eigenvalue weighted by atomic mass is 16.6. The van der Waals surface area contributed by atoms with Crippen LogP contribution in [0.25, 0.3) is 0 Å². The Morgan fingerprint density at radius 3 is 2.43 bits per heavy atom. The molecule has 1 amide bonds. The van der Waals surface area contributed by atoms with Crippen LogP contribution >= 0.6 is 0 Å². The Balaban J connectivity index is 2.24. The fourth-order valence-corrected chi connectivity index (χ4v) is 2.29. The van der Waals surface area contributed by atoms with E-state index in [2.05, 4.69) is 10.6 Å². The van der Waals surface area contributed by atoms with Crippen molar-refractivity contribution < 1.29 is 9.72 Å². The van der Waals surface area contributed by atoms with E-state index in [-0.39, 0.29) is 11.6 Å². The van der Waals surface area contributed by atoms with Gasteiger partial charge in [-0.3, -0.25) is 14.9 Å². The summed E-state index contributed by atoms with van der Waals surface area (Å²) in [6.07, 6.45) is 0.437. The van der Waals surface area contributed by atoms with Crippen LogP contribution in [0, 0.1) is 17.0 Å². The number of anilines is 1. The Morgan fingerprint density at radius 2 is 1.83 bits per heavy atom. The van der Waals surface area contributed by atoms with Crippen molar-refractivity contribution in [2.45, 2.75) is 19.4 Å². The first-order valence-corrected chi connectivity index (χ1v) is 7.28. The number of hydrogen-bond donors (Lipinski definition) is 2. The second-order valence-electron chi connectivity index (χ2n) is 5.28. The van der Waals surface area contributed by atoms with Crippen LogP contribution in [0.5, 0.6) is 0 Å². The normalized spacial score (nSPS) is 11.6. The predicted molar refractivity (Wildman–Crippen MR) is 89.5 cm³/mol. The number of rotatable bonds is 6. The summed E-state index contributed by atoms with van der Waals surface area (Å²) in [7, 11) is 1.55. The SMILES string of the molecule is CNC(=O)[C@H](Cc1ccc(C)cc1)Nc1ccccc1[N+](=O)[O-]. The number of hydrogen-bond acceptors (Lipinski definition) is 4. The van der Waals surface area contributed by atoms with E-state index >= 15 is 0 Å². The second kappa shape index (κ2) is 7.40. The summed E-state index contributed by atoms with van der Waals surface area (Å²) in [6, 6.07) is 13.6. The maximum Gasteiger partial charge on any atom is 0.292 e. The number of nitro groups is 1. The summed E-state index contributed by atoms with van der Waals surface area (Å²) in [4.78, 5) is 22.8. The number of amides is 1. The van der Waals surface area contributed by atoms with Gasteiger partial charge in [0.2, 0.25) is 5.91 Å². The zero-order chi connectivity index (χ0) is 16.8. The Kier molecular flexibility index (Phi) is 5.30. The van der Waals surface area contributed by atoms with Gasteiger partial charge in [-0.2, -0.15) is 0 Å². The minimum atomic E-state index is -0.594. The van der Waals surface area contributed by atoms with Gasteiger partial charge in [-0.25, -0.2) is 0 Å². The molecule has 0 bridgehead atoms. The Hall–Kier alpha value is -2.89. The Bertz CT molecular complexity index is 698. The molecule has 23 heavy (non-hydrogen) atoms. The van der Waals surface area contributed by atoms with E-state index < -0.39 is 11.0 Å². The van der Waals surface area contributed by atoms with Crippen molar-refractivity contribution in [2.24, 2.45) is 0 Å². The Labute approximate surface area is 134 Å². The van der Waals surface area contributed by atoms with Crippen molar-refractivity contribution in [3.8, 4) is 0 Å². The average Bonchev–Trinajstić information content (AvgIpc) is 2.55. The number of carbonyl (C=O) groups is 1. The van der Waals surface area contributed by atoms with E-state index in [1.807, 2.05) is 31.2 Å². The van der Waals surface area contributed by atoms with Gasteiger partial charge in [-0.1, -0.05) is 42.0 Å². The van der Waals surface area contributed by atoms with Gasteiger partial charge in [0.15, 0.2) is 0 Å². The molecule has 0 aliphatic carbocycles. The molecule has 2 aromatic rings. The van der Waals surface area contributed by atoms with Gasteiger partial charge in [0, 0.05) is 19.5 Å². The van der Waals surface area contributed by atoms with Crippen molar-refractivity contribution in [3.63, 3.8) is 0 Å². The third-order valence-electron chi connectivity index (χ3n) is 3.55. The lowest BCUT2D eigenvalue weighted by Gasteiger charge is -2.18. The van der Waals surface area contributed by atoms with Crippen LogP contribution in [0.15, 0.2) is 48.5 Å². The van der Waals surface area contributed by atoms with Gasteiger partial charge >= 0.3 is 0 Å². The van der Waals surface area contributed by atoms with Crippen LogP contribution in [-0.2, 0) is 11.2 Å². The number of para-hydroxylation sites is 2. The van der Waals surface area contributed by atoms with Crippen LogP contribution in [0.1, 0.15) is 11.1 Å². The second-order valence-corrected chi connectivity index (χ2v) is 5.28. The van der Waals surface area contributed by atoms with Crippen LogP contribution in [-0.4, -0.2) is 23.9 Å². The summed E-state index contributed by atoms with van der Waals surface area (Å²) in [5.41, 5.74) is 2.40. The number of nitrogens with zero attached hydrogens (tertiary/aromatic N) is 1. The molecule has 0 heterocycles. The smallest absolute Gasteiger partial charge is 0.292 e. The first-order chi connectivity index (χ1) is 11.0. The molecule has 0 spiro atoms. The number of benzene rings is 2. The lowest BCUT2D eigenvalue weighted by atomic mass is 10.0. The fraction of sp³-hybridized carbons (Fsp3) is 0.235. The molecule has 2 aromatic carbocycles. The van der Waals surface area contributed by atoms with Crippen molar-refractivity contribution in [1.82, 2.24) is 5.32 Å². The van der Waals surface area contributed by atoms with Crippen LogP contribution in [0.2, 0.25) is 0 Å². The molecular weight excluding hydrogens is 294 g/mol. The van der Waals surface area contributed by atoms with E-state index in [1.165, 1.54) is 6.07 Å². The van der Waals surface area contributed by atoms with E-state index in [0.29, 0.717) is 12.1 Å². The lowest BCUT2D eigenvalue weighted by Crippen LogP contribution is -2.39. The Morgan fingerprint density at radius 1 is 1.17 bits per heavy atom. The molecule has 0 saturated heterocycles. The molecule has 6 heteroatoms. The van der Waals surface area contributed by atoms with Gasteiger partial charge in [-0.05, 0) is 18.6 Å². The van der Waals surface area contributed by atoms with E-state index in [9.17, 15) is 14.9 Å². The van der Waals surface area contributed by atoms with E-state index in [0.717, 1.165) is 11.1 Å². The number of nitrogens with one attached hydrogen (secondary N) is 2. The lowest BCUT2D eigenvalue weighted by molar-refractivity contribution is -0.384. The van der Waals surface area contributed by atoms with Crippen molar-refractivity contribution in [3.05, 3.63) is 69.8 Å². The molecule has 120 valence electrons. The molecular formula is C17H19N3O3. The number of carbonyl (C=O) groups excluding carboxylic acids is 1. The summed E-state index contributed by atoms with van der Waals surface area (Å²) in [5.74, 6) is -0.219. The first kappa shape index (κ1) is 16.5. The van der Waals surface area contributed by atoms with Crippen LogP contribution in [0.4, 0.5) is 11.4 Å². The van der Waals surface area contributed by atoms with E-state index in [1.54, 1.807) is 25.2 Å². The number of aryl methyl sites for hydroxylation is 1. The summed E-state index contributed by atoms with van der Waals surface area (Å²) >= 11 is 0. The maximum atomic E-state index is 12.1. The molecule has 0 aliphatic heterocycles. The van der Waals surface area contributed by atoms with Gasteiger partial charge in [-0.15, -0.1) is 0 Å². The zero-order valence-electron chi connectivity index (χ0n) is 13.1. The average molecular weight is 313 g/mol. The van der Waals surface area contributed by atoms with Crippen molar-refractivity contribution in [1.29, 1.82) is 0 Å². The molecule has 2 rings (SSSR count). The summed E-state index contributed by atoms with van der Waals surface area (Å²) in [5, 5.41) is 16.7. The molecule has 0 aliphatic rings. The third kappa shape index (κ3) is 4.29. The van der Waals surface area contributed by atoms with Crippen LogP contribution in [0.3, 0.4) is 0 Å². The van der Waals surface area contributed by atoms with Crippen LogP contribution < -0.4 is 10.6 Å². The third-order valence-corrected chi connectivity index (χ3v) is 3.55. The largest absolute Gasteiger partial charge is 0.368 e. The quantitative estimate of drug-likeness (QED) is 0.634. The van der Waals surface area contributed by atoms with Crippen molar-refractivity contribution in [2.75, 3.05) is 12.4 Å². The maximum absolute atomic E-state index is 12.1. The standard InChI is InChI=1S/C17H19N3O3/c1-12-7-9-13(10-8-12)11-15(17(21)18-2)19-14-5-3-4-6-16(14)20(22)23/h3-10,15,19H,11H2,1-2H3,(H,18,21)/t15-/m0/s1. The highest BCUT2D eigenvalue weighted by Crippen LogP contribution is 2.24. The number of likely N-dealkylation sites (N-methyl/N-ethyl adjacent to an activating group) is 1. The highest BCUT2D eigenvalue weighted by Gasteiger charge is 2.21. The minimum absolute atomic E-state index is 0.0506. The van der Waals surface area contributed by atoms with Gasteiger partial charge < -0.3 is 10.6 Å². The highest BCUT2D eigenvalue weighted by molar-refractivity contribution is 5.85. The minimum Gasteiger partial charge on any atom is -0.368 e. The first-order valence-electron chi connectivity index (χ1n) is 7.28. The summed E-state index contributed by atoms with van der Waals surface area (Å²) in [6.45, 7) is 1.99.